The molecule has 8 heteroatoms. The lowest BCUT2D eigenvalue weighted by Gasteiger charge is -2.15. The quantitative estimate of drug-likeness (QED) is 0.429. The Morgan fingerprint density at radius 3 is 1.90 bits per heavy atom. The van der Waals surface area contributed by atoms with Crippen LogP contribution in [0.2, 0.25) is 0 Å². The van der Waals surface area contributed by atoms with Crippen molar-refractivity contribution in [3.05, 3.63) is 64.1 Å². The molecule has 160 valence electrons. The lowest BCUT2D eigenvalue weighted by Crippen LogP contribution is -2.35. The summed E-state index contributed by atoms with van der Waals surface area (Å²) in [4.78, 5) is 26.1. The molecule has 6 nitrogen and oxygen atoms in total. The van der Waals surface area contributed by atoms with E-state index in [1.165, 1.54) is 12.1 Å². The molecule has 1 aliphatic carbocycles. The first-order valence-electron chi connectivity index (χ1n) is 9.61. The molecule has 0 amide bonds. The van der Waals surface area contributed by atoms with Gasteiger partial charge in [-0.2, -0.15) is 0 Å². The summed E-state index contributed by atoms with van der Waals surface area (Å²) in [6, 6.07) is 13.2. The molecule has 0 aromatic heterocycles. The highest BCUT2D eigenvalue weighted by molar-refractivity contribution is 9.10. The highest BCUT2D eigenvalue weighted by Crippen LogP contribution is 2.65. The third-order valence-corrected chi connectivity index (χ3v) is 8.04. The van der Waals surface area contributed by atoms with Gasteiger partial charge in [0.15, 0.2) is 15.3 Å². The molecule has 0 aliphatic heterocycles. The first-order valence-corrected chi connectivity index (χ1v) is 12.0. The molecule has 0 saturated heterocycles. The minimum atomic E-state index is -4.04. The van der Waals surface area contributed by atoms with Gasteiger partial charge >= 0.3 is 11.9 Å². The number of carbonyl (C=O) groups excluding carboxylic acids is 2. The molecule has 0 bridgehead atoms. The number of halogens is 1. The van der Waals surface area contributed by atoms with Gasteiger partial charge in [0.2, 0.25) is 0 Å². The number of esters is 2. The molecule has 0 N–H and O–H groups in total. The van der Waals surface area contributed by atoms with Crippen molar-refractivity contribution in [3.63, 3.8) is 0 Å². The van der Waals surface area contributed by atoms with E-state index in [2.05, 4.69) is 15.9 Å². The summed E-state index contributed by atoms with van der Waals surface area (Å²) in [5.41, 5.74) is -0.486. The highest BCUT2D eigenvalue weighted by Gasteiger charge is 2.81. The fourth-order valence-corrected chi connectivity index (χ4v) is 6.39. The SMILES string of the molecule is CCOC(=O)C1(C(=O)OCC)[C@H](c2ccc(Br)cc2)[C@H]1S(=O)(=O)c1ccc(C)cc1. The van der Waals surface area contributed by atoms with Crippen LogP contribution in [0.15, 0.2) is 57.9 Å². The first-order chi connectivity index (χ1) is 14.2. The van der Waals surface area contributed by atoms with Crippen molar-refractivity contribution in [3.8, 4) is 0 Å². The average Bonchev–Trinajstić information content (AvgIpc) is 3.42. The van der Waals surface area contributed by atoms with E-state index in [1.54, 1.807) is 50.2 Å². The zero-order valence-corrected chi connectivity index (χ0v) is 19.3. The van der Waals surface area contributed by atoms with Crippen molar-refractivity contribution in [2.45, 2.75) is 36.8 Å². The van der Waals surface area contributed by atoms with Crippen LogP contribution in [-0.2, 0) is 28.9 Å². The standard InChI is InChI=1S/C22H23BrO6S/c1-4-28-20(24)22(21(25)29-5-2)18(15-8-10-16(23)11-9-15)19(22)30(26,27)17-12-6-14(3)7-13-17/h6-13,18-19H,4-5H2,1-3H3/t18-,19-/m1/s1. The largest absolute Gasteiger partial charge is 0.465 e. The molecule has 30 heavy (non-hydrogen) atoms. The summed E-state index contributed by atoms with van der Waals surface area (Å²) in [6.45, 7) is 5.10. The molecule has 2 aromatic carbocycles. The Morgan fingerprint density at radius 1 is 0.933 bits per heavy atom. The fourth-order valence-electron chi connectivity index (χ4n) is 3.83. The number of hydrogen-bond donors (Lipinski definition) is 0. The van der Waals surface area contributed by atoms with Gasteiger partial charge in [-0.05, 0) is 50.6 Å². The summed E-state index contributed by atoms with van der Waals surface area (Å²) in [6.07, 6.45) is 0. The van der Waals surface area contributed by atoms with Gasteiger partial charge in [-0.25, -0.2) is 8.42 Å². The van der Waals surface area contributed by atoms with E-state index < -0.39 is 38.4 Å². The number of carbonyl (C=O) groups is 2. The summed E-state index contributed by atoms with van der Waals surface area (Å²) >= 11 is 3.35. The second-order valence-corrected chi connectivity index (χ2v) is 10.1. The average molecular weight is 495 g/mol. The minimum Gasteiger partial charge on any atom is -0.465 e. The van der Waals surface area contributed by atoms with Crippen LogP contribution in [0.25, 0.3) is 0 Å². The van der Waals surface area contributed by atoms with Gasteiger partial charge in [0.05, 0.1) is 18.1 Å². The first kappa shape index (κ1) is 22.5. The van der Waals surface area contributed by atoms with Gasteiger partial charge in [0.25, 0.3) is 0 Å². The zero-order chi connectivity index (χ0) is 22.1. The number of aryl methyl sites for hydroxylation is 1. The van der Waals surface area contributed by atoms with Crippen LogP contribution in [-0.4, -0.2) is 38.8 Å². The molecule has 2 atom stereocenters. The van der Waals surface area contributed by atoms with Gasteiger partial charge in [-0.1, -0.05) is 45.8 Å². The molecule has 1 aliphatic rings. The Bertz CT molecular complexity index is 1030. The third-order valence-electron chi connectivity index (χ3n) is 5.27. The molecule has 0 radical (unpaired) electrons. The summed E-state index contributed by atoms with van der Waals surface area (Å²) < 4.78 is 38.3. The van der Waals surface area contributed by atoms with E-state index in [-0.39, 0.29) is 18.1 Å². The lowest BCUT2D eigenvalue weighted by atomic mass is 9.99. The van der Waals surface area contributed by atoms with Crippen molar-refractivity contribution in [2.24, 2.45) is 5.41 Å². The van der Waals surface area contributed by atoms with E-state index in [0.717, 1.165) is 10.0 Å². The van der Waals surface area contributed by atoms with E-state index in [9.17, 15) is 18.0 Å². The minimum absolute atomic E-state index is 0.0182. The molecule has 1 fully saturated rings. The monoisotopic (exact) mass is 494 g/mol. The van der Waals surface area contributed by atoms with Gasteiger partial charge in [-0.15, -0.1) is 0 Å². The molecule has 3 rings (SSSR count). The summed E-state index contributed by atoms with van der Waals surface area (Å²) in [7, 11) is -4.04. The van der Waals surface area contributed by atoms with Crippen LogP contribution in [0.1, 0.15) is 30.9 Å². The van der Waals surface area contributed by atoms with Crippen molar-refractivity contribution >= 4 is 37.7 Å². The maximum Gasteiger partial charge on any atom is 0.325 e. The normalized spacial score (nSPS) is 19.7. The Balaban J connectivity index is 2.19. The topological polar surface area (TPSA) is 86.7 Å². The summed E-state index contributed by atoms with van der Waals surface area (Å²) in [5.74, 6) is -2.66. The number of benzene rings is 2. The lowest BCUT2D eigenvalue weighted by molar-refractivity contribution is -0.164. The van der Waals surface area contributed by atoms with Crippen LogP contribution in [0.3, 0.4) is 0 Å². The molecule has 1 saturated carbocycles. The van der Waals surface area contributed by atoms with E-state index in [1.807, 2.05) is 6.92 Å². The molecule has 0 spiro atoms. The molecule has 0 unspecified atom stereocenters. The van der Waals surface area contributed by atoms with E-state index in [4.69, 9.17) is 9.47 Å². The van der Waals surface area contributed by atoms with Crippen molar-refractivity contribution < 1.29 is 27.5 Å². The summed E-state index contributed by atoms with van der Waals surface area (Å²) in [5, 5.41) is -1.31. The van der Waals surface area contributed by atoms with Gasteiger partial charge in [0, 0.05) is 10.4 Å². The third kappa shape index (κ3) is 3.67. The number of rotatable bonds is 7. The maximum absolute atomic E-state index is 13.6. The Kier molecular flexibility index (Phi) is 6.38. The Morgan fingerprint density at radius 2 is 1.43 bits per heavy atom. The smallest absolute Gasteiger partial charge is 0.325 e. The zero-order valence-electron chi connectivity index (χ0n) is 16.9. The van der Waals surface area contributed by atoms with Gasteiger partial charge < -0.3 is 9.47 Å². The fraction of sp³-hybridized carbons (Fsp3) is 0.364. The van der Waals surface area contributed by atoms with Crippen molar-refractivity contribution in [1.82, 2.24) is 0 Å². The van der Waals surface area contributed by atoms with Gasteiger partial charge in [-0.3, -0.25) is 9.59 Å². The second-order valence-electron chi connectivity index (χ2n) is 7.12. The van der Waals surface area contributed by atoms with Crippen molar-refractivity contribution in [2.75, 3.05) is 13.2 Å². The Hall–Kier alpha value is -2.19. The molecule has 2 aromatic rings. The number of sulfone groups is 1. The number of hydrogen-bond acceptors (Lipinski definition) is 6. The predicted molar refractivity (Wildman–Crippen MR) is 115 cm³/mol. The molecule has 0 heterocycles. The van der Waals surface area contributed by atoms with Crippen molar-refractivity contribution in [1.29, 1.82) is 0 Å². The molecular formula is C22H23BrO6S. The molecular weight excluding hydrogens is 472 g/mol. The van der Waals surface area contributed by atoms with Crippen LogP contribution in [0, 0.1) is 12.3 Å². The number of ether oxygens (including phenoxy) is 2. The van der Waals surface area contributed by atoms with Crippen LogP contribution in [0.5, 0.6) is 0 Å². The maximum atomic E-state index is 13.6. The predicted octanol–water partition coefficient (Wildman–Crippen LogP) is 3.81. The Labute approximate surface area is 184 Å². The van der Waals surface area contributed by atoms with Crippen LogP contribution < -0.4 is 0 Å². The van der Waals surface area contributed by atoms with Gasteiger partial charge in [0.1, 0.15) is 5.25 Å². The van der Waals surface area contributed by atoms with Crippen LogP contribution >= 0.6 is 15.9 Å². The second kappa shape index (κ2) is 8.51. The highest BCUT2D eigenvalue weighted by atomic mass is 79.9. The van der Waals surface area contributed by atoms with Crippen LogP contribution in [0.4, 0.5) is 0 Å². The van der Waals surface area contributed by atoms with E-state index in [0.29, 0.717) is 5.56 Å². The van der Waals surface area contributed by atoms with E-state index >= 15 is 0 Å².